The Kier molecular flexibility index (Phi) is 5.00. The van der Waals surface area contributed by atoms with Gasteiger partial charge in [-0.1, -0.05) is 6.07 Å². The average molecular weight is 288 g/mol. The molecule has 0 radical (unpaired) electrons. The molecule has 5 heteroatoms. The van der Waals surface area contributed by atoms with E-state index >= 15 is 0 Å². The fourth-order valence-electron chi connectivity index (χ4n) is 2.05. The molecule has 0 atom stereocenters. The molecule has 0 unspecified atom stereocenters. The second kappa shape index (κ2) is 6.95. The van der Waals surface area contributed by atoms with Crippen molar-refractivity contribution in [2.45, 2.75) is 20.4 Å². The summed E-state index contributed by atoms with van der Waals surface area (Å²) in [6, 6.07) is 9.18. The van der Waals surface area contributed by atoms with Crippen LogP contribution in [0.5, 0.6) is 11.5 Å². The first-order chi connectivity index (χ1) is 10.2. The molecule has 0 aliphatic rings. The number of rotatable bonds is 6. The zero-order valence-corrected chi connectivity index (χ0v) is 12.3. The molecule has 0 aliphatic heterocycles. The van der Waals surface area contributed by atoms with E-state index in [1.807, 2.05) is 38.1 Å². The maximum absolute atomic E-state index is 11.8. The van der Waals surface area contributed by atoms with Gasteiger partial charge in [0, 0.05) is 23.4 Å². The maximum Gasteiger partial charge on any atom is 0.252 e. The molecule has 1 aromatic carbocycles. The number of H-pyrrole nitrogens is 1. The predicted octanol–water partition coefficient (Wildman–Crippen LogP) is 2.30. The lowest BCUT2D eigenvalue weighted by atomic mass is 10.1. The lowest BCUT2D eigenvalue weighted by Crippen LogP contribution is -2.15. The zero-order chi connectivity index (χ0) is 15.2. The molecule has 0 saturated heterocycles. The van der Waals surface area contributed by atoms with Gasteiger partial charge in [0.15, 0.2) is 11.5 Å². The van der Waals surface area contributed by atoms with Gasteiger partial charge < -0.3 is 20.2 Å². The number of nitrogens with one attached hydrogen (secondary N) is 1. The Morgan fingerprint density at radius 1 is 1.05 bits per heavy atom. The van der Waals surface area contributed by atoms with Crippen LogP contribution >= 0.6 is 0 Å². The summed E-state index contributed by atoms with van der Waals surface area (Å²) in [7, 11) is 0. The molecule has 1 aromatic heterocycles. The molecule has 0 bridgehead atoms. The maximum atomic E-state index is 11.8. The van der Waals surface area contributed by atoms with E-state index in [0.29, 0.717) is 30.3 Å². The number of pyridine rings is 1. The highest BCUT2D eigenvalue weighted by Crippen LogP contribution is 2.32. The number of aromatic nitrogens is 1. The first-order valence-electron chi connectivity index (χ1n) is 7.01. The molecule has 0 spiro atoms. The SMILES string of the molecule is CCOc1ccc(-c2ccc(CN)c(=O)[nH]2)cc1OCC. The van der Waals surface area contributed by atoms with Gasteiger partial charge in [-0.3, -0.25) is 4.79 Å². The topological polar surface area (TPSA) is 77.3 Å². The molecule has 112 valence electrons. The number of hydrogen-bond donors (Lipinski definition) is 2. The van der Waals surface area contributed by atoms with Crippen molar-refractivity contribution in [3.05, 3.63) is 46.2 Å². The van der Waals surface area contributed by atoms with Crippen LogP contribution in [0.1, 0.15) is 19.4 Å². The van der Waals surface area contributed by atoms with Crippen LogP contribution in [-0.2, 0) is 6.54 Å². The van der Waals surface area contributed by atoms with Gasteiger partial charge in [0.25, 0.3) is 5.56 Å². The van der Waals surface area contributed by atoms with Gasteiger partial charge in [-0.15, -0.1) is 0 Å². The van der Waals surface area contributed by atoms with Crippen LogP contribution in [0.4, 0.5) is 0 Å². The van der Waals surface area contributed by atoms with E-state index in [4.69, 9.17) is 15.2 Å². The normalized spacial score (nSPS) is 10.4. The Hall–Kier alpha value is -2.27. The van der Waals surface area contributed by atoms with Gasteiger partial charge >= 0.3 is 0 Å². The third-order valence-electron chi connectivity index (χ3n) is 3.07. The van der Waals surface area contributed by atoms with Crippen molar-refractivity contribution in [2.24, 2.45) is 5.73 Å². The fourth-order valence-corrected chi connectivity index (χ4v) is 2.05. The quantitative estimate of drug-likeness (QED) is 0.855. The summed E-state index contributed by atoms with van der Waals surface area (Å²) in [4.78, 5) is 14.7. The van der Waals surface area contributed by atoms with Gasteiger partial charge in [0.2, 0.25) is 0 Å². The van der Waals surface area contributed by atoms with Crippen molar-refractivity contribution in [2.75, 3.05) is 13.2 Å². The van der Waals surface area contributed by atoms with E-state index in [1.165, 1.54) is 0 Å². The lowest BCUT2D eigenvalue weighted by molar-refractivity contribution is 0.288. The van der Waals surface area contributed by atoms with Crippen LogP contribution in [0.15, 0.2) is 35.1 Å². The molecule has 1 heterocycles. The molecule has 3 N–H and O–H groups in total. The van der Waals surface area contributed by atoms with Crippen molar-refractivity contribution in [1.29, 1.82) is 0 Å². The summed E-state index contributed by atoms with van der Waals surface area (Å²) in [5, 5.41) is 0. The molecule has 0 amide bonds. The summed E-state index contributed by atoms with van der Waals surface area (Å²) in [5.74, 6) is 1.37. The van der Waals surface area contributed by atoms with Gasteiger partial charge in [-0.2, -0.15) is 0 Å². The van der Waals surface area contributed by atoms with Gasteiger partial charge in [-0.25, -0.2) is 0 Å². The first kappa shape index (κ1) is 15.1. The molecular formula is C16H20N2O3. The second-order valence-corrected chi connectivity index (χ2v) is 4.46. The largest absolute Gasteiger partial charge is 0.490 e. The van der Waals surface area contributed by atoms with E-state index in [9.17, 15) is 4.79 Å². The highest BCUT2D eigenvalue weighted by atomic mass is 16.5. The minimum atomic E-state index is -0.165. The van der Waals surface area contributed by atoms with E-state index in [1.54, 1.807) is 6.07 Å². The molecule has 21 heavy (non-hydrogen) atoms. The molecule has 0 aliphatic carbocycles. The second-order valence-electron chi connectivity index (χ2n) is 4.46. The van der Waals surface area contributed by atoms with Crippen molar-refractivity contribution >= 4 is 0 Å². The molecule has 0 fully saturated rings. The minimum Gasteiger partial charge on any atom is -0.490 e. The van der Waals surface area contributed by atoms with E-state index in [2.05, 4.69) is 4.98 Å². The van der Waals surface area contributed by atoms with E-state index in [-0.39, 0.29) is 12.1 Å². The molecular weight excluding hydrogens is 268 g/mol. The van der Waals surface area contributed by atoms with Crippen LogP contribution < -0.4 is 20.8 Å². The van der Waals surface area contributed by atoms with Crippen LogP contribution in [0, 0.1) is 0 Å². The Balaban J connectivity index is 2.42. The lowest BCUT2D eigenvalue weighted by Gasteiger charge is -2.12. The highest BCUT2D eigenvalue weighted by molar-refractivity contribution is 5.64. The third kappa shape index (κ3) is 3.44. The fraction of sp³-hybridized carbons (Fsp3) is 0.312. The summed E-state index contributed by atoms with van der Waals surface area (Å²) < 4.78 is 11.1. The number of aromatic amines is 1. The number of hydrogen-bond acceptors (Lipinski definition) is 4. The summed E-state index contributed by atoms with van der Waals surface area (Å²) in [6.45, 7) is 5.18. The van der Waals surface area contributed by atoms with Crippen molar-refractivity contribution in [3.8, 4) is 22.8 Å². The Morgan fingerprint density at radius 2 is 1.76 bits per heavy atom. The third-order valence-corrected chi connectivity index (χ3v) is 3.07. The highest BCUT2D eigenvalue weighted by Gasteiger charge is 2.08. The van der Waals surface area contributed by atoms with Crippen molar-refractivity contribution in [1.82, 2.24) is 4.98 Å². The van der Waals surface area contributed by atoms with Crippen molar-refractivity contribution in [3.63, 3.8) is 0 Å². The molecule has 2 rings (SSSR count). The Labute approximate surface area is 123 Å². The van der Waals surface area contributed by atoms with E-state index in [0.717, 1.165) is 11.3 Å². The standard InChI is InChI=1S/C16H20N2O3/c1-3-20-14-8-6-11(9-15(14)21-4-2)13-7-5-12(10-17)16(19)18-13/h5-9H,3-4,10,17H2,1-2H3,(H,18,19). The van der Waals surface area contributed by atoms with Crippen LogP contribution in [0.3, 0.4) is 0 Å². The monoisotopic (exact) mass is 288 g/mol. The average Bonchev–Trinajstić information content (AvgIpc) is 2.49. The van der Waals surface area contributed by atoms with Gasteiger partial charge in [0.05, 0.1) is 13.2 Å². The molecule has 2 aromatic rings. The Bertz CT molecular complexity index is 665. The summed E-state index contributed by atoms with van der Waals surface area (Å²) in [6.07, 6.45) is 0. The van der Waals surface area contributed by atoms with E-state index < -0.39 is 0 Å². The first-order valence-corrected chi connectivity index (χ1v) is 7.01. The Morgan fingerprint density at radius 3 is 2.38 bits per heavy atom. The van der Waals surface area contributed by atoms with Crippen LogP contribution in [0.25, 0.3) is 11.3 Å². The van der Waals surface area contributed by atoms with Gasteiger partial charge in [-0.05, 0) is 38.1 Å². The predicted molar refractivity (Wildman–Crippen MR) is 82.7 cm³/mol. The smallest absolute Gasteiger partial charge is 0.252 e. The molecule has 5 nitrogen and oxygen atoms in total. The number of nitrogens with two attached hydrogens (primary N) is 1. The number of benzene rings is 1. The van der Waals surface area contributed by atoms with Crippen molar-refractivity contribution < 1.29 is 9.47 Å². The van der Waals surface area contributed by atoms with Crippen LogP contribution in [0.2, 0.25) is 0 Å². The zero-order valence-electron chi connectivity index (χ0n) is 12.3. The summed E-state index contributed by atoms with van der Waals surface area (Å²) in [5.41, 5.74) is 7.49. The molecule has 0 saturated carbocycles. The van der Waals surface area contributed by atoms with Crippen LogP contribution in [-0.4, -0.2) is 18.2 Å². The summed E-state index contributed by atoms with van der Waals surface area (Å²) >= 11 is 0. The number of ether oxygens (including phenoxy) is 2. The van der Waals surface area contributed by atoms with Gasteiger partial charge in [0.1, 0.15) is 0 Å². The minimum absolute atomic E-state index is 0.165.